The molecule has 0 radical (unpaired) electrons. The normalized spacial score (nSPS) is 9.46. The van der Waals surface area contributed by atoms with Gasteiger partial charge < -0.3 is 30.6 Å². The fourth-order valence-electron chi connectivity index (χ4n) is 0.135. The molecule has 0 saturated carbocycles. The summed E-state index contributed by atoms with van der Waals surface area (Å²) in [5.41, 5.74) is -1.97. The molecule has 0 aliphatic heterocycles. The fraction of sp³-hybridized carbons (Fsp3) is 0.500. The standard InChI is InChI=1S/2C5H10O3.2C3H4O2/c2*1-5(2,3-6)4(7)8;2*1-2-3(4)5/h2*6H,3H2,1-2H3,(H,7,8);2*2H,1H2,(H,4,5). The first kappa shape index (κ1) is 31.1. The van der Waals surface area contributed by atoms with E-state index in [1.165, 1.54) is 27.7 Å². The van der Waals surface area contributed by atoms with Gasteiger partial charge in [0.05, 0.1) is 24.0 Å². The van der Waals surface area contributed by atoms with Gasteiger partial charge in [0.15, 0.2) is 0 Å². The van der Waals surface area contributed by atoms with Gasteiger partial charge in [-0.1, -0.05) is 13.2 Å². The third kappa shape index (κ3) is 23.5. The number of carboxylic acids is 4. The molecule has 0 aliphatic carbocycles. The van der Waals surface area contributed by atoms with Crippen molar-refractivity contribution in [3.63, 3.8) is 0 Å². The van der Waals surface area contributed by atoms with Crippen LogP contribution in [0.2, 0.25) is 0 Å². The number of rotatable bonds is 6. The van der Waals surface area contributed by atoms with E-state index in [1.807, 2.05) is 0 Å². The monoisotopic (exact) mass is 380 g/mol. The van der Waals surface area contributed by atoms with Crippen molar-refractivity contribution in [2.45, 2.75) is 27.7 Å². The van der Waals surface area contributed by atoms with E-state index < -0.39 is 34.7 Å². The van der Waals surface area contributed by atoms with Crippen LogP contribution in [0.15, 0.2) is 25.3 Å². The van der Waals surface area contributed by atoms with Crippen molar-refractivity contribution in [1.82, 2.24) is 0 Å². The van der Waals surface area contributed by atoms with Crippen molar-refractivity contribution in [3.8, 4) is 0 Å². The van der Waals surface area contributed by atoms with Gasteiger partial charge in [0.1, 0.15) is 0 Å². The van der Waals surface area contributed by atoms with Crippen molar-refractivity contribution < 1.29 is 49.8 Å². The van der Waals surface area contributed by atoms with E-state index in [4.69, 9.17) is 30.6 Å². The maximum Gasteiger partial charge on any atom is 0.327 e. The third-order valence-electron chi connectivity index (χ3n) is 2.30. The molecule has 0 aromatic heterocycles. The average Bonchev–Trinajstić information content (AvgIpc) is 2.55. The first-order valence-electron chi connectivity index (χ1n) is 6.94. The highest BCUT2D eigenvalue weighted by atomic mass is 16.4. The summed E-state index contributed by atoms with van der Waals surface area (Å²) >= 11 is 0. The van der Waals surface area contributed by atoms with Crippen LogP contribution in [-0.4, -0.2) is 67.7 Å². The van der Waals surface area contributed by atoms with Crippen LogP contribution in [0.25, 0.3) is 0 Å². The predicted octanol–water partition coefficient (Wildman–Crippen LogP) is 0.693. The topological polar surface area (TPSA) is 190 Å². The fourth-order valence-corrected chi connectivity index (χ4v) is 0.135. The van der Waals surface area contributed by atoms with Gasteiger partial charge in [-0.2, -0.15) is 0 Å². The molecule has 0 fully saturated rings. The molecule has 0 aromatic rings. The van der Waals surface area contributed by atoms with E-state index in [0.29, 0.717) is 0 Å². The lowest BCUT2D eigenvalue weighted by Crippen LogP contribution is -2.27. The molecule has 152 valence electrons. The van der Waals surface area contributed by atoms with Crippen molar-refractivity contribution >= 4 is 23.9 Å². The Hall–Kier alpha value is -2.72. The van der Waals surface area contributed by atoms with Crippen molar-refractivity contribution in [2.24, 2.45) is 10.8 Å². The lowest BCUT2D eigenvalue weighted by Gasteiger charge is -2.13. The van der Waals surface area contributed by atoms with Gasteiger partial charge in [-0.25, -0.2) is 9.59 Å². The van der Waals surface area contributed by atoms with Gasteiger partial charge in [0, 0.05) is 12.2 Å². The first-order chi connectivity index (χ1) is 11.5. The van der Waals surface area contributed by atoms with Crippen LogP contribution in [0.3, 0.4) is 0 Å². The molecule has 0 atom stereocenters. The van der Waals surface area contributed by atoms with Crippen LogP contribution >= 0.6 is 0 Å². The molecule has 0 heterocycles. The van der Waals surface area contributed by atoms with Gasteiger partial charge in [0.25, 0.3) is 0 Å². The Morgan fingerprint density at radius 3 is 0.846 bits per heavy atom. The first-order valence-corrected chi connectivity index (χ1v) is 6.94. The number of hydrogen-bond acceptors (Lipinski definition) is 6. The largest absolute Gasteiger partial charge is 0.481 e. The molecule has 0 unspecified atom stereocenters. The highest BCUT2D eigenvalue weighted by Crippen LogP contribution is 2.12. The Balaban J connectivity index is -0.000000127. The van der Waals surface area contributed by atoms with Gasteiger partial charge in [-0.05, 0) is 27.7 Å². The number of aliphatic carboxylic acids is 4. The zero-order chi connectivity index (χ0) is 22.1. The van der Waals surface area contributed by atoms with E-state index in [9.17, 15) is 19.2 Å². The Labute approximate surface area is 151 Å². The molecular weight excluding hydrogens is 352 g/mol. The summed E-state index contributed by atoms with van der Waals surface area (Å²) < 4.78 is 0. The van der Waals surface area contributed by atoms with Gasteiger partial charge >= 0.3 is 23.9 Å². The van der Waals surface area contributed by atoms with Crippen molar-refractivity contribution in [1.29, 1.82) is 0 Å². The average molecular weight is 380 g/mol. The second-order valence-electron chi connectivity index (χ2n) is 5.78. The summed E-state index contributed by atoms with van der Waals surface area (Å²) in [5.74, 6) is -3.91. The SMILES string of the molecule is C=CC(=O)O.C=CC(=O)O.CC(C)(CO)C(=O)O.CC(C)(CO)C(=O)O. The summed E-state index contributed by atoms with van der Waals surface area (Å²) in [6.07, 6.45) is 1.67. The van der Waals surface area contributed by atoms with Gasteiger partial charge in [-0.3, -0.25) is 9.59 Å². The van der Waals surface area contributed by atoms with Crippen molar-refractivity contribution in [2.75, 3.05) is 13.2 Å². The number of aliphatic hydroxyl groups excluding tert-OH is 2. The summed E-state index contributed by atoms with van der Waals surface area (Å²) in [7, 11) is 0. The molecule has 26 heavy (non-hydrogen) atoms. The third-order valence-corrected chi connectivity index (χ3v) is 2.30. The Morgan fingerprint density at radius 1 is 0.692 bits per heavy atom. The van der Waals surface area contributed by atoms with Crippen LogP contribution in [0.4, 0.5) is 0 Å². The van der Waals surface area contributed by atoms with Gasteiger partial charge in [-0.15, -0.1) is 0 Å². The minimum Gasteiger partial charge on any atom is -0.481 e. The smallest absolute Gasteiger partial charge is 0.327 e. The number of carbonyl (C=O) groups is 4. The second-order valence-corrected chi connectivity index (χ2v) is 5.78. The molecule has 10 heteroatoms. The van der Waals surface area contributed by atoms with Crippen LogP contribution in [-0.2, 0) is 19.2 Å². The summed E-state index contributed by atoms with van der Waals surface area (Å²) in [6.45, 7) is 11.2. The highest BCUT2D eigenvalue weighted by molar-refractivity contribution is 5.79. The van der Waals surface area contributed by atoms with E-state index in [1.54, 1.807) is 0 Å². The van der Waals surface area contributed by atoms with Crippen LogP contribution in [0, 0.1) is 10.8 Å². The number of aliphatic hydroxyl groups is 2. The minimum absolute atomic E-state index is 0.317. The zero-order valence-electron chi connectivity index (χ0n) is 15.3. The maximum atomic E-state index is 10.1. The molecule has 10 nitrogen and oxygen atoms in total. The molecular formula is C16H28O10. The van der Waals surface area contributed by atoms with E-state index in [0.717, 1.165) is 12.2 Å². The van der Waals surface area contributed by atoms with Gasteiger partial charge in [0.2, 0.25) is 0 Å². The minimum atomic E-state index is -0.986. The van der Waals surface area contributed by atoms with E-state index in [-0.39, 0.29) is 13.2 Å². The van der Waals surface area contributed by atoms with E-state index >= 15 is 0 Å². The molecule has 0 bridgehead atoms. The number of hydrogen-bond donors (Lipinski definition) is 6. The molecule has 0 rings (SSSR count). The summed E-state index contributed by atoms with van der Waals surface area (Å²) in [4.78, 5) is 38.7. The summed E-state index contributed by atoms with van der Waals surface area (Å²) in [6, 6.07) is 0. The Bertz CT molecular complexity index is 433. The molecule has 0 aliphatic rings. The van der Waals surface area contributed by atoms with Crippen LogP contribution in [0.1, 0.15) is 27.7 Å². The highest BCUT2D eigenvalue weighted by Gasteiger charge is 2.25. The predicted molar refractivity (Wildman–Crippen MR) is 92.7 cm³/mol. The quantitative estimate of drug-likeness (QED) is 0.357. The van der Waals surface area contributed by atoms with Crippen LogP contribution < -0.4 is 0 Å². The molecule has 0 spiro atoms. The van der Waals surface area contributed by atoms with E-state index in [2.05, 4.69) is 13.2 Å². The Kier molecular flexibility index (Phi) is 18.9. The lowest BCUT2D eigenvalue weighted by molar-refractivity contribution is -0.149. The molecule has 0 amide bonds. The molecule has 0 aromatic carbocycles. The maximum absolute atomic E-state index is 10.1. The molecule has 0 saturated heterocycles. The van der Waals surface area contributed by atoms with Crippen LogP contribution in [0.5, 0.6) is 0 Å². The zero-order valence-corrected chi connectivity index (χ0v) is 15.3. The molecule has 6 N–H and O–H groups in total. The lowest BCUT2D eigenvalue weighted by atomic mass is 9.96. The van der Waals surface area contributed by atoms with Crippen molar-refractivity contribution in [3.05, 3.63) is 25.3 Å². The summed E-state index contributed by atoms with van der Waals surface area (Å²) in [5, 5.41) is 48.5. The second kappa shape index (κ2) is 15.8. The Morgan fingerprint density at radius 2 is 0.846 bits per heavy atom. The number of carboxylic acid groups (broad SMARTS) is 4.